The number of fused-ring (bicyclic) bond motifs is 1. The van der Waals surface area contributed by atoms with E-state index >= 15 is 0 Å². The minimum atomic E-state index is 0.773. The second-order valence-corrected chi connectivity index (χ2v) is 4.09. The maximum Gasteiger partial charge on any atom is 0.0944 e. The zero-order valence-corrected chi connectivity index (χ0v) is 9.38. The van der Waals surface area contributed by atoms with Gasteiger partial charge in [-0.05, 0) is 17.7 Å². The van der Waals surface area contributed by atoms with Crippen LogP contribution in [0.25, 0.3) is 10.9 Å². The first-order valence-electron chi connectivity index (χ1n) is 5.58. The molecule has 84 valence electrons. The highest BCUT2D eigenvalue weighted by molar-refractivity contribution is 5.89. The number of aromatic nitrogens is 2. The maximum absolute atomic E-state index is 5.91. The summed E-state index contributed by atoms with van der Waals surface area (Å²) in [7, 11) is 0. The first-order valence-corrected chi connectivity index (χ1v) is 5.58. The van der Waals surface area contributed by atoms with Gasteiger partial charge in [0.2, 0.25) is 0 Å². The van der Waals surface area contributed by atoms with Gasteiger partial charge in [0.25, 0.3) is 0 Å². The van der Waals surface area contributed by atoms with Crippen LogP contribution in [0.5, 0.6) is 0 Å². The summed E-state index contributed by atoms with van der Waals surface area (Å²) in [5.41, 5.74) is 8.87. The van der Waals surface area contributed by atoms with E-state index in [4.69, 9.17) is 5.73 Å². The fraction of sp³-hybridized carbons (Fsp3) is 0.0714. The largest absolute Gasteiger partial charge is 0.398 e. The SMILES string of the molecule is Nc1cccc2nn(Cc3ccccc3)cc12. The number of benzene rings is 2. The molecule has 0 amide bonds. The standard InChI is InChI=1S/C14H13N3/c15-13-7-4-8-14-12(13)10-17(16-14)9-11-5-2-1-3-6-11/h1-8,10H,9,15H2. The Morgan fingerprint density at radius 1 is 1.00 bits per heavy atom. The van der Waals surface area contributed by atoms with Crippen molar-refractivity contribution in [2.45, 2.75) is 6.54 Å². The van der Waals surface area contributed by atoms with Gasteiger partial charge < -0.3 is 5.73 Å². The minimum absolute atomic E-state index is 0.773. The second-order valence-electron chi connectivity index (χ2n) is 4.09. The molecule has 0 unspecified atom stereocenters. The first kappa shape index (κ1) is 9.90. The predicted octanol–water partition coefficient (Wildman–Crippen LogP) is 2.67. The molecule has 3 nitrogen and oxygen atoms in total. The molecule has 17 heavy (non-hydrogen) atoms. The Labute approximate surface area is 99.5 Å². The highest BCUT2D eigenvalue weighted by atomic mass is 15.3. The smallest absolute Gasteiger partial charge is 0.0944 e. The van der Waals surface area contributed by atoms with E-state index in [-0.39, 0.29) is 0 Å². The highest BCUT2D eigenvalue weighted by Crippen LogP contribution is 2.19. The van der Waals surface area contributed by atoms with E-state index in [0.29, 0.717) is 0 Å². The highest BCUT2D eigenvalue weighted by Gasteiger charge is 2.03. The van der Waals surface area contributed by atoms with Crippen molar-refractivity contribution in [1.29, 1.82) is 0 Å². The maximum atomic E-state index is 5.91. The van der Waals surface area contributed by atoms with Crippen LogP contribution >= 0.6 is 0 Å². The van der Waals surface area contributed by atoms with E-state index in [1.165, 1.54) is 5.56 Å². The van der Waals surface area contributed by atoms with Crippen LogP contribution in [0.2, 0.25) is 0 Å². The fourth-order valence-corrected chi connectivity index (χ4v) is 1.97. The lowest BCUT2D eigenvalue weighted by Gasteiger charge is -2.00. The third kappa shape index (κ3) is 1.87. The van der Waals surface area contributed by atoms with Gasteiger partial charge in [-0.3, -0.25) is 4.68 Å². The Morgan fingerprint density at radius 2 is 1.82 bits per heavy atom. The summed E-state index contributed by atoms with van der Waals surface area (Å²) in [5.74, 6) is 0. The Bertz CT molecular complexity index is 641. The van der Waals surface area contributed by atoms with E-state index in [9.17, 15) is 0 Å². The molecule has 0 atom stereocenters. The number of nitrogens with zero attached hydrogens (tertiary/aromatic N) is 2. The fourth-order valence-electron chi connectivity index (χ4n) is 1.97. The molecule has 3 aromatic rings. The van der Waals surface area contributed by atoms with Crippen LogP contribution in [0.1, 0.15) is 5.56 Å². The van der Waals surface area contributed by atoms with Crippen molar-refractivity contribution in [2.75, 3.05) is 5.73 Å². The summed E-state index contributed by atoms with van der Waals surface area (Å²) in [6.07, 6.45) is 2.00. The van der Waals surface area contributed by atoms with Gasteiger partial charge in [-0.2, -0.15) is 5.10 Å². The lowest BCUT2D eigenvalue weighted by molar-refractivity contribution is 0.696. The van der Waals surface area contributed by atoms with Crippen LogP contribution in [0.3, 0.4) is 0 Å². The average molecular weight is 223 g/mol. The van der Waals surface area contributed by atoms with Crippen LogP contribution in [0, 0.1) is 0 Å². The molecule has 0 aliphatic rings. The minimum Gasteiger partial charge on any atom is -0.398 e. The molecule has 3 heteroatoms. The van der Waals surface area contributed by atoms with Crippen LogP contribution in [-0.4, -0.2) is 9.78 Å². The van der Waals surface area contributed by atoms with Crippen molar-refractivity contribution in [3.05, 3.63) is 60.3 Å². The summed E-state index contributed by atoms with van der Waals surface area (Å²) < 4.78 is 1.93. The van der Waals surface area contributed by atoms with E-state index in [1.54, 1.807) is 0 Å². The molecule has 0 bridgehead atoms. The molecule has 2 N–H and O–H groups in total. The van der Waals surface area contributed by atoms with E-state index in [2.05, 4.69) is 17.2 Å². The molecule has 0 radical (unpaired) electrons. The third-order valence-electron chi connectivity index (χ3n) is 2.82. The number of hydrogen-bond donors (Lipinski definition) is 1. The summed E-state index contributed by atoms with van der Waals surface area (Å²) >= 11 is 0. The second kappa shape index (κ2) is 3.94. The van der Waals surface area contributed by atoms with Crippen LogP contribution in [-0.2, 0) is 6.54 Å². The summed E-state index contributed by atoms with van der Waals surface area (Å²) in [6, 6.07) is 16.1. The van der Waals surface area contributed by atoms with Gasteiger partial charge in [0.1, 0.15) is 0 Å². The molecule has 1 heterocycles. The topological polar surface area (TPSA) is 43.8 Å². The quantitative estimate of drug-likeness (QED) is 0.679. The molecule has 0 saturated heterocycles. The number of rotatable bonds is 2. The van der Waals surface area contributed by atoms with Gasteiger partial charge in [0, 0.05) is 17.3 Å². The molecule has 2 aromatic carbocycles. The molecule has 0 aliphatic heterocycles. The third-order valence-corrected chi connectivity index (χ3v) is 2.82. The van der Waals surface area contributed by atoms with Crippen molar-refractivity contribution in [1.82, 2.24) is 9.78 Å². The summed E-state index contributed by atoms with van der Waals surface area (Å²) in [5, 5.41) is 5.52. The average Bonchev–Trinajstić information content (AvgIpc) is 2.74. The Kier molecular flexibility index (Phi) is 2.29. The Morgan fingerprint density at radius 3 is 2.59 bits per heavy atom. The lowest BCUT2D eigenvalue weighted by atomic mass is 10.2. The predicted molar refractivity (Wildman–Crippen MR) is 69.7 cm³/mol. The molecular formula is C14H13N3. The van der Waals surface area contributed by atoms with E-state index < -0.39 is 0 Å². The molecule has 0 fully saturated rings. The zero-order valence-electron chi connectivity index (χ0n) is 9.38. The van der Waals surface area contributed by atoms with Crippen molar-refractivity contribution in [3.8, 4) is 0 Å². The molecule has 0 saturated carbocycles. The van der Waals surface area contributed by atoms with E-state index in [1.807, 2.05) is 47.3 Å². The summed E-state index contributed by atoms with van der Waals surface area (Å²) in [6.45, 7) is 0.773. The van der Waals surface area contributed by atoms with Gasteiger partial charge in [-0.15, -0.1) is 0 Å². The normalized spacial score (nSPS) is 10.8. The molecule has 1 aromatic heterocycles. The van der Waals surface area contributed by atoms with E-state index in [0.717, 1.165) is 23.1 Å². The molecular weight excluding hydrogens is 210 g/mol. The molecule has 0 spiro atoms. The van der Waals surface area contributed by atoms with Gasteiger partial charge >= 0.3 is 0 Å². The van der Waals surface area contributed by atoms with Crippen molar-refractivity contribution < 1.29 is 0 Å². The summed E-state index contributed by atoms with van der Waals surface area (Å²) in [4.78, 5) is 0. The van der Waals surface area contributed by atoms with Gasteiger partial charge in [0.05, 0.1) is 12.1 Å². The van der Waals surface area contributed by atoms with Crippen LogP contribution in [0.4, 0.5) is 5.69 Å². The number of anilines is 1. The lowest BCUT2D eigenvalue weighted by Crippen LogP contribution is -1.99. The number of nitrogens with two attached hydrogens (primary N) is 1. The van der Waals surface area contributed by atoms with Crippen molar-refractivity contribution in [3.63, 3.8) is 0 Å². The molecule has 3 rings (SSSR count). The monoisotopic (exact) mass is 223 g/mol. The van der Waals surface area contributed by atoms with Crippen molar-refractivity contribution in [2.24, 2.45) is 0 Å². The van der Waals surface area contributed by atoms with Crippen LogP contribution < -0.4 is 5.73 Å². The zero-order chi connectivity index (χ0) is 11.7. The molecule has 0 aliphatic carbocycles. The first-order chi connectivity index (χ1) is 8.33. The van der Waals surface area contributed by atoms with Crippen LogP contribution in [0.15, 0.2) is 54.7 Å². The Balaban J connectivity index is 1.99. The Hall–Kier alpha value is -2.29. The van der Waals surface area contributed by atoms with Gasteiger partial charge in [-0.25, -0.2) is 0 Å². The van der Waals surface area contributed by atoms with Gasteiger partial charge in [0.15, 0.2) is 0 Å². The number of nitrogen functional groups attached to an aromatic ring is 1. The van der Waals surface area contributed by atoms with Crippen molar-refractivity contribution >= 4 is 16.6 Å². The number of hydrogen-bond acceptors (Lipinski definition) is 2. The van der Waals surface area contributed by atoms with Gasteiger partial charge in [-0.1, -0.05) is 36.4 Å².